The third-order valence-electron chi connectivity index (χ3n) is 4.82. The second-order valence-corrected chi connectivity index (χ2v) is 6.80. The minimum Gasteiger partial charge on any atom is -0.451 e. The Morgan fingerprint density at radius 3 is 2.50 bits per heavy atom. The van der Waals surface area contributed by atoms with Crippen molar-refractivity contribution in [3.63, 3.8) is 0 Å². The van der Waals surface area contributed by atoms with Gasteiger partial charge in [-0.25, -0.2) is 9.78 Å². The van der Waals surface area contributed by atoms with E-state index in [9.17, 15) is 9.59 Å². The molecule has 26 heavy (non-hydrogen) atoms. The molecule has 0 radical (unpaired) electrons. The van der Waals surface area contributed by atoms with Gasteiger partial charge in [0, 0.05) is 17.6 Å². The zero-order chi connectivity index (χ0) is 18.7. The van der Waals surface area contributed by atoms with Crippen LogP contribution in [0.15, 0.2) is 34.7 Å². The fraction of sp³-hybridized carbons (Fsp3) is 0.450. The summed E-state index contributed by atoms with van der Waals surface area (Å²) in [6, 6.07) is 9.67. The number of aromatic nitrogens is 1. The van der Waals surface area contributed by atoms with Gasteiger partial charge in [0.1, 0.15) is 5.76 Å². The van der Waals surface area contributed by atoms with E-state index in [2.05, 4.69) is 4.98 Å². The van der Waals surface area contributed by atoms with Gasteiger partial charge in [-0.15, -0.1) is 0 Å². The highest BCUT2D eigenvalue weighted by Gasteiger charge is 2.30. The van der Waals surface area contributed by atoms with E-state index in [1.165, 1.54) is 0 Å². The molecule has 0 N–H and O–H groups in total. The van der Waals surface area contributed by atoms with Crippen molar-refractivity contribution >= 4 is 11.9 Å². The zero-order valence-electron chi connectivity index (χ0n) is 15.4. The van der Waals surface area contributed by atoms with E-state index >= 15 is 0 Å². The molecule has 2 heterocycles. The molecular weight excluding hydrogens is 332 g/mol. The summed E-state index contributed by atoms with van der Waals surface area (Å²) in [5.74, 6) is -0.0674. The molecule has 6 heteroatoms. The number of carbonyl (C=O) groups is 2. The molecule has 1 fully saturated rings. The van der Waals surface area contributed by atoms with Gasteiger partial charge in [0.05, 0.1) is 0 Å². The van der Waals surface area contributed by atoms with Crippen molar-refractivity contribution in [2.24, 2.45) is 0 Å². The van der Waals surface area contributed by atoms with Gasteiger partial charge >= 0.3 is 5.97 Å². The zero-order valence-corrected chi connectivity index (χ0v) is 15.4. The van der Waals surface area contributed by atoms with Crippen LogP contribution in [0.3, 0.4) is 0 Å². The van der Waals surface area contributed by atoms with Gasteiger partial charge in [0.15, 0.2) is 12.3 Å². The number of amides is 1. The highest BCUT2D eigenvalue weighted by Crippen LogP contribution is 2.24. The van der Waals surface area contributed by atoms with E-state index in [1.54, 1.807) is 6.92 Å². The van der Waals surface area contributed by atoms with E-state index in [4.69, 9.17) is 9.15 Å². The molecule has 3 rings (SSSR count). The first kappa shape index (κ1) is 18.2. The molecule has 1 saturated heterocycles. The Kier molecular flexibility index (Phi) is 5.40. The maximum absolute atomic E-state index is 12.5. The van der Waals surface area contributed by atoms with Crippen molar-refractivity contribution < 1.29 is 18.7 Å². The van der Waals surface area contributed by atoms with Gasteiger partial charge in [-0.2, -0.15) is 0 Å². The summed E-state index contributed by atoms with van der Waals surface area (Å²) in [6.07, 6.45) is 3.08. The normalized spacial score (nSPS) is 20.0. The van der Waals surface area contributed by atoms with Crippen molar-refractivity contribution in [2.45, 2.75) is 52.1 Å². The lowest BCUT2D eigenvalue weighted by Gasteiger charge is -2.38. The maximum atomic E-state index is 12.5. The molecule has 0 bridgehead atoms. The Balaban J connectivity index is 1.65. The minimum atomic E-state index is -0.640. The molecular formula is C20H24N2O4. The van der Waals surface area contributed by atoms with Crippen LogP contribution in [0, 0.1) is 6.92 Å². The Hall–Kier alpha value is -2.63. The molecule has 1 amide bonds. The Bertz CT molecular complexity index is 774. The van der Waals surface area contributed by atoms with E-state index in [0.717, 1.165) is 24.8 Å². The molecule has 0 aliphatic carbocycles. The first-order chi connectivity index (χ1) is 12.5. The number of piperidine rings is 1. The number of carbonyl (C=O) groups excluding carboxylic acids is 2. The van der Waals surface area contributed by atoms with Gasteiger partial charge in [0.2, 0.25) is 5.89 Å². The number of nitrogens with zero attached hydrogens (tertiary/aromatic N) is 2. The average Bonchev–Trinajstić information content (AvgIpc) is 3.02. The van der Waals surface area contributed by atoms with Crippen molar-refractivity contribution in [2.75, 3.05) is 6.61 Å². The summed E-state index contributed by atoms with van der Waals surface area (Å²) in [6.45, 7) is 5.44. The number of likely N-dealkylation sites (tertiary alicyclic amines) is 1. The summed E-state index contributed by atoms with van der Waals surface area (Å²) in [5.41, 5.74) is 0.887. The largest absolute Gasteiger partial charge is 0.451 e. The molecule has 2 aromatic rings. The molecule has 1 aromatic heterocycles. The molecule has 1 aromatic carbocycles. The molecule has 1 aliphatic heterocycles. The molecule has 0 spiro atoms. The lowest BCUT2D eigenvalue weighted by molar-refractivity contribution is -0.140. The Labute approximate surface area is 153 Å². The number of ether oxygens (including phenoxy) is 1. The molecule has 0 unspecified atom stereocenters. The number of rotatable bonds is 4. The van der Waals surface area contributed by atoms with Crippen molar-refractivity contribution in [1.82, 2.24) is 9.88 Å². The standard InChI is InChI=1S/C20H24N2O4/c1-13-8-7-9-14(2)22(13)17(23)12-25-20(24)18-15(3)26-19(21-18)16-10-5-4-6-11-16/h4-6,10-11,13-14H,7-9,12H2,1-3H3/t13-,14+. The number of hydrogen-bond acceptors (Lipinski definition) is 5. The van der Waals surface area contributed by atoms with Gasteiger partial charge in [-0.05, 0) is 52.2 Å². The molecule has 1 aliphatic rings. The van der Waals surface area contributed by atoms with E-state index < -0.39 is 5.97 Å². The van der Waals surface area contributed by atoms with Crippen LogP contribution in [0.1, 0.15) is 49.4 Å². The quantitative estimate of drug-likeness (QED) is 0.783. The highest BCUT2D eigenvalue weighted by molar-refractivity contribution is 5.91. The summed E-state index contributed by atoms with van der Waals surface area (Å²) in [4.78, 5) is 30.9. The SMILES string of the molecule is Cc1oc(-c2ccccc2)nc1C(=O)OCC(=O)N1[C@H](C)CCC[C@@H]1C. The summed E-state index contributed by atoms with van der Waals surface area (Å²) in [5, 5.41) is 0. The van der Waals surface area contributed by atoms with Crippen LogP contribution >= 0.6 is 0 Å². The number of hydrogen-bond donors (Lipinski definition) is 0. The third kappa shape index (κ3) is 3.79. The Morgan fingerprint density at radius 1 is 1.19 bits per heavy atom. The Morgan fingerprint density at radius 2 is 1.85 bits per heavy atom. The third-order valence-corrected chi connectivity index (χ3v) is 4.82. The summed E-state index contributed by atoms with van der Waals surface area (Å²) >= 11 is 0. The summed E-state index contributed by atoms with van der Waals surface area (Å²) in [7, 11) is 0. The van der Waals surface area contributed by atoms with Crippen LogP contribution in [0.4, 0.5) is 0 Å². The van der Waals surface area contributed by atoms with E-state index in [-0.39, 0.29) is 30.3 Å². The van der Waals surface area contributed by atoms with Crippen molar-refractivity contribution in [3.8, 4) is 11.5 Å². The van der Waals surface area contributed by atoms with Gasteiger partial charge in [0.25, 0.3) is 5.91 Å². The number of benzene rings is 1. The highest BCUT2D eigenvalue weighted by atomic mass is 16.5. The summed E-state index contributed by atoms with van der Waals surface area (Å²) < 4.78 is 10.8. The van der Waals surface area contributed by atoms with Crippen LogP contribution in [0.5, 0.6) is 0 Å². The van der Waals surface area contributed by atoms with Crippen molar-refractivity contribution in [1.29, 1.82) is 0 Å². The predicted molar refractivity (Wildman–Crippen MR) is 96.6 cm³/mol. The average molecular weight is 356 g/mol. The lowest BCUT2D eigenvalue weighted by atomic mass is 9.97. The second-order valence-electron chi connectivity index (χ2n) is 6.80. The first-order valence-corrected chi connectivity index (χ1v) is 8.98. The second kappa shape index (κ2) is 7.72. The number of oxazole rings is 1. The van der Waals surface area contributed by atoms with E-state index in [0.29, 0.717) is 11.7 Å². The van der Waals surface area contributed by atoms with Gasteiger partial charge < -0.3 is 14.1 Å². The van der Waals surface area contributed by atoms with Crippen LogP contribution in [0.2, 0.25) is 0 Å². The number of aryl methyl sites for hydroxylation is 1. The van der Waals surface area contributed by atoms with Crippen molar-refractivity contribution in [3.05, 3.63) is 41.8 Å². The molecule has 0 saturated carbocycles. The molecule has 2 atom stereocenters. The predicted octanol–water partition coefficient (Wildman–Crippen LogP) is 3.60. The van der Waals surface area contributed by atoms with Gasteiger partial charge in [-0.3, -0.25) is 4.79 Å². The smallest absolute Gasteiger partial charge is 0.361 e. The fourth-order valence-corrected chi connectivity index (χ4v) is 3.47. The molecule has 6 nitrogen and oxygen atoms in total. The van der Waals surface area contributed by atoms with Crippen LogP contribution in [-0.2, 0) is 9.53 Å². The minimum absolute atomic E-state index is 0.108. The monoisotopic (exact) mass is 356 g/mol. The van der Waals surface area contributed by atoms with Crippen LogP contribution in [-0.4, -0.2) is 40.5 Å². The first-order valence-electron chi connectivity index (χ1n) is 8.98. The lowest BCUT2D eigenvalue weighted by Crippen LogP contribution is -2.49. The van der Waals surface area contributed by atoms with Gasteiger partial charge in [-0.1, -0.05) is 18.2 Å². The maximum Gasteiger partial charge on any atom is 0.361 e. The topological polar surface area (TPSA) is 72.6 Å². The van der Waals surface area contributed by atoms with E-state index in [1.807, 2.05) is 49.1 Å². The van der Waals surface area contributed by atoms with Crippen LogP contribution < -0.4 is 0 Å². The molecule has 138 valence electrons. The van der Waals surface area contributed by atoms with Crippen LogP contribution in [0.25, 0.3) is 11.5 Å². The number of esters is 1. The fourth-order valence-electron chi connectivity index (χ4n) is 3.47.